The SMILES string of the molecule is c1cc(N2CCOCC2)nnc1NCC1CC12CCN(CC1CCOCC1)CC2. The van der Waals surface area contributed by atoms with Crippen LogP contribution in [0.15, 0.2) is 12.1 Å². The molecule has 3 saturated heterocycles. The van der Waals surface area contributed by atoms with Gasteiger partial charge in [-0.15, -0.1) is 10.2 Å². The molecule has 1 aliphatic carbocycles. The van der Waals surface area contributed by atoms with Crippen molar-refractivity contribution in [3.63, 3.8) is 0 Å². The van der Waals surface area contributed by atoms with E-state index in [-0.39, 0.29) is 0 Å². The van der Waals surface area contributed by atoms with Gasteiger partial charge in [0.25, 0.3) is 0 Å². The number of likely N-dealkylation sites (tertiary alicyclic amines) is 1. The van der Waals surface area contributed by atoms with E-state index in [0.717, 1.165) is 69.5 Å². The van der Waals surface area contributed by atoms with E-state index in [1.807, 2.05) is 0 Å². The Morgan fingerprint density at radius 1 is 0.966 bits per heavy atom. The number of hydrogen-bond donors (Lipinski definition) is 1. The van der Waals surface area contributed by atoms with E-state index < -0.39 is 0 Å². The van der Waals surface area contributed by atoms with Crippen LogP contribution < -0.4 is 10.2 Å². The minimum atomic E-state index is 0.598. The molecule has 0 bridgehead atoms. The first kappa shape index (κ1) is 19.5. The Kier molecular flexibility index (Phi) is 5.88. The van der Waals surface area contributed by atoms with Gasteiger partial charge in [0.05, 0.1) is 13.2 Å². The summed E-state index contributed by atoms with van der Waals surface area (Å²) in [7, 11) is 0. The molecule has 1 N–H and O–H groups in total. The Bertz CT molecular complexity index is 650. The van der Waals surface area contributed by atoms with Gasteiger partial charge in [0.15, 0.2) is 5.82 Å². The van der Waals surface area contributed by atoms with Crippen LogP contribution in [0.2, 0.25) is 0 Å². The first-order valence-electron chi connectivity index (χ1n) is 11.5. The Hall–Kier alpha value is -1.44. The monoisotopic (exact) mass is 401 g/mol. The van der Waals surface area contributed by atoms with Gasteiger partial charge in [-0.05, 0) is 74.6 Å². The van der Waals surface area contributed by atoms with Gasteiger partial charge in [0.1, 0.15) is 5.82 Å². The number of aromatic nitrogens is 2. The van der Waals surface area contributed by atoms with Crippen molar-refractivity contribution in [2.45, 2.75) is 32.1 Å². The number of nitrogens with zero attached hydrogens (tertiary/aromatic N) is 4. The first-order chi connectivity index (χ1) is 14.3. The Balaban J connectivity index is 1.04. The summed E-state index contributed by atoms with van der Waals surface area (Å²) in [5, 5.41) is 12.4. The van der Waals surface area contributed by atoms with Gasteiger partial charge >= 0.3 is 0 Å². The van der Waals surface area contributed by atoms with Crippen molar-refractivity contribution in [1.29, 1.82) is 0 Å². The molecule has 0 amide bonds. The van der Waals surface area contributed by atoms with E-state index in [1.54, 1.807) is 0 Å². The molecule has 7 heteroatoms. The van der Waals surface area contributed by atoms with E-state index in [4.69, 9.17) is 9.47 Å². The minimum Gasteiger partial charge on any atom is -0.381 e. The van der Waals surface area contributed by atoms with Crippen molar-refractivity contribution in [2.24, 2.45) is 17.3 Å². The molecule has 5 rings (SSSR count). The lowest BCUT2D eigenvalue weighted by Gasteiger charge is -2.36. The van der Waals surface area contributed by atoms with E-state index in [9.17, 15) is 0 Å². The maximum absolute atomic E-state index is 5.50. The molecule has 1 spiro atoms. The number of piperidine rings is 1. The predicted octanol–water partition coefficient (Wildman–Crippen LogP) is 2.25. The average Bonchev–Trinajstić information content (AvgIpc) is 3.47. The van der Waals surface area contributed by atoms with E-state index in [0.29, 0.717) is 5.41 Å². The second-order valence-electron chi connectivity index (χ2n) is 9.38. The molecule has 1 saturated carbocycles. The standard InChI is InChI=1S/C22H35N5O2/c1-2-21(27-9-13-29-14-10-27)25-24-20(1)23-16-19-15-22(19)5-7-26(8-6-22)17-18-3-11-28-12-4-18/h1-2,18-19H,3-17H2,(H,23,24). The van der Waals surface area contributed by atoms with Crippen LogP contribution in [-0.2, 0) is 9.47 Å². The van der Waals surface area contributed by atoms with E-state index >= 15 is 0 Å². The number of ether oxygens (including phenoxy) is 2. The first-order valence-corrected chi connectivity index (χ1v) is 11.5. The van der Waals surface area contributed by atoms with Gasteiger partial charge in [0, 0.05) is 39.4 Å². The van der Waals surface area contributed by atoms with Crippen molar-refractivity contribution in [3.8, 4) is 0 Å². The zero-order valence-corrected chi connectivity index (χ0v) is 17.5. The van der Waals surface area contributed by atoms with E-state index in [2.05, 4.69) is 37.4 Å². The fourth-order valence-electron chi connectivity index (χ4n) is 5.42. The van der Waals surface area contributed by atoms with Crippen LogP contribution in [0.25, 0.3) is 0 Å². The van der Waals surface area contributed by atoms with Crippen LogP contribution in [0.3, 0.4) is 0 Å². The molecular formula is C22H35N5O2. The molecular weight excluding hydrogens is 366 g/mol. The second kappa shape index (κ2) is 8.74. The molecule has 0 radical (unpaired) electrons. The lowest BCUT2D eigenvalue weighted by Crippen LogP contribution is -2.39. The predicted molar refractivity (Wildman–Crippen MR) is 113 cm³/mol. The lowest BCUT2D eigenvalue weighted by atomic mass is 9.89. The third-order valence-electron chi connectivity index (χ3n) is 7.58. The fraction of sp³-hybridized carbons (Fsp3) is 0.818. The van der Waals surface area contributed by atoms with Crippen molar-refractivity contribution < 1.29 is 9.47 Å². The Labute approximate surface area is 174 Å². The fourth-order valence-corrected chi connectivity index (χ4v) is 5.42. The number of morpholine rings is 1. The third kappa shape index (κ3) is 4.67. The summed E-state index contributed by atoms with van der Waals surface area (Å²) in [6, 6.07) is 4.15. The minimum absolute atomic E-state index is 0.598. The number of anilines is 2. The highest BCUT2D eigenvalue weighted by Crippen LogP contribution is 2.59. The van der Waals surface area contributed by atoms with Crippen LogP contribution in [0.4, 0.5) is 11.6 Å². The number of nitrogens with one attached hydrogen (secondary N) is 1. The molecule has 0 aromatic carbocycles. The summed E-state index contributed by atoms with van der Waals surface area (Å²) >= 11 is 0. The maximum atomic E-state index is 5.50. The van der Waals surface area contributed by atoms with Gasteiger partial charge < -0.3 is 24.6 Å². The normalized spacial score (nSPS) is 27.9. The van der Waals surface area contributed by atoms with Crippen LogP contribution in [0, 0.1) is 17.3 Å². The van der Waals surface area contributed by atoms with Gasteiger partial charge in [-0.25, -0.2) is 0 Å². The molecule has 3 aliphatic heterocycles. The highest BCUT2D eigenvalue weighted by atomic mass is 16.5. The summed E-state index contributed by atoms with van der Waals surface area (Å²) in [5.41, 5.74) is 0.598. The van der Waals surface area contributed by atoms with E-state index in [1.165, 1.54) is 51.7 Å². The van der Waals surface area contributed by atoms with Gasteiger partial charge in [-0.3, -0.25) is 0 Å². The smallest absolute Gasteiger partial charge is 0.151 e. The van der Waals surface area contributed by atoms with Gasteiger partial charge in [0.2, 0.25) is 0 Å². The summed E-state index contributed by atoms with van der Waals surface area (Å²) in [5.74, 6) is 3.52. The van der Waals surface area contributed by atoms with Crippen LogP contribution in [-0.4, -0.2) is 80.8 Å². The molecule has 1 atom stereocenters. The zero-order valence-electron chi connectivity index (χ0n) is 17.5. The second-order valence-corrected chi connectivity index (χ2v) is 9.38. The van der Waals surface area contributed by atoms with Crippen molar-refractivity contribution in [3.05, 3.63) is 12.1 Å². The molecule has 160 valence electrons. The van der Waals surface area contributed by atoms with Gasteiger partial charge in [-0.2, -0.15) is 0 Å². The number of rotatable bonds is 6. The summed E-state index contributed by atoms with van der Waals surface area (Å²) < 4.78 is 10.9. The Morgan fingerprint density at radius 2 is 1.72 bits per heavy atom. The third-order valence-corrected chi connectivity index (χ3v) is 7.58. The van der Waals surface area contributed by atoms with Crippen LogP contribution in [0.1, 0.15) is 32.1 Å². The van der Waals surface area contributed by atoms with Crippen LogP contribution >= 0.6 is 0 Å². The molecule has 4 aliphatic rings. The molecule has 7 nitrogen and oxygen atoms in total. The summed E-state index contributed by atoms with van der Waals surface area (Å²) in [6.07, 6.45) is 6.61. The highest BCUT2D eigenvalue weighted by molar-refractivity contribution is 5.43. The molecule has 1 unspecified atom stereocenters. The van der Waals surface area contributed by atoms with Crippen LogP contribution in [0.5, 0.6) is 0 Å². The highest BCUT2D eigenvalue weighted by Gasteiger charge is 2.54. The summed E-state index contributed by atoms with van der Waals surface area (Å²) in [6.45, 7) is 10.2. The lowest BCUT2D eigenvalue weighted by molar-refractivity contribution is 0.0449. The largest absolute Gasteiger partial charge is 0.381 e. The molecule has 1 aromatic heterocycles. The molecule has 1 aromatic rings. The summed E-state index contributed by atoms with van der Waals surface area (Å²) in [4.78, 5) is 4.95. The topological polar surface area (TPSA) is 62.8 Å². The van der Waals surface area contributed by atoms with Gasteiger partial charge in [-0.1, -0.05) is 0 Å². The van der Waals surface area contributed by atoms with Crippen molar-refractivity contribution in [1.82, 2.24) is 15.1 Å². The molecule has 4 fully saturated rings. The number of hydrogen-bond acceptors (Lipinski definition) is 7. The Morgan fingerprint density at radius 3 is 2.45 bits per heavy atom. The quantitative estimate of drug-likeness (QED) is 0.784. The van der Waals surface area contributed by atoms with Crippen molar-refractivity contribution in [2.75, 3.05) is 75.9 Å². The molecule has 29 heavy (non-hydrogen) atoms. The zero-order chi connectivity index (χ0) is 19.5. The molecule has 4 heterocycles. The maximum Gasteiger partial charge on any atom is 0.151 e. The van der Waals surface area contributed by atoms with Crippen molar-refractivity contribution >= 4 is 11.6 Å². The average molecular weight is 402 g/mol.